The second-order valence-electron chi connectivity index (χ2n) is 6.07. The third-order valence-corrected chi connectivity index (χ3v) is 5.26. The molecule has 4 rings (SSSR count). The molecule has 0 saturated heterocycles. The number of hydrogen-bond acceptors (Lipinski definition) is 5. The van der Waals surface area contributed by atoms with Crippen molar-refractivity contribution in [3.63, 3.8) is 0 Å². The van der Waals surface area contributed by atoms with Crippen LogP contribution in [0.5, 0.6) is 0 Å². The third kappa shape index (κ3) is 3.24. The van der Waals surface area contributed by atoms with Crippen LogP contribution in [0.2, 0.25) is 0 Å². The number of nitrogens with zero attached hydrogens (tertiary/aromatic N) is 2. The van der Waals surface area contributed by atoms with E-state index in [-0.39, 0.29) is 5.69 Å². The normalized spacial score (nSPS) is 10.9. The number of anilines is 2. The molecule has 7 heteroatoms. The molecule has 0 aliphatic carbocycles. The molecule has 134 valence electrons. The number of fused-ring (bicyclic) bond motifs is 1. The number of benzene rings is 1. The summed E-state index contributed by atoms with van der Waals surface area (Å²) < 4.78 is 14.0. The van der Waals surface area contributed by atoms with E-state index in [9.17, 15) is 9.18 Å². The van der Waals surface area contributed by atoms with Gasteiger partial charge in [-0.3, -0.25) is 9.78 Å². The van der Waals surface area contributed by atoms with Gasteiger partial charge in [-0.2, -0.15) is 0 Å². The predicted molar refractivity (Wildman–Crippen MR) is 106 cm³/mol. The first kappa shape index (κ1) is 17.1. The molecule has 4 aromatic rings. The molecule has 0 atom stereocenters. The molecule has 0 bridgehead atoms. The van der Waals surface area contributed by atoms with Crippen LogP contribution in [0.15, 0.2) is 54.9 Å². The number of nitrogens with two attached hydrogens (primary N) is 1. The van der Waals surface area contributed by atoms with Crippen LogP contribution in [-0.4, -0.2) is 15.9 Å². The second kappa shape index (κ2) is 6.77. The summed E-state index contributed by atoms with van der Waals surface area (Å²) in [5.74, 6) is -0.940. The van der Waals surface area contributed by atoms with Crippen molar-refractivity contribution in [2.45, 2.75) is 6.92 Å². The van der Waals surface area contributed by atoms with E-state index in [4.69, 9.17) is 5.73 Å². The molecule has 0 unspecified atom stereocenters. The predicted octanol–water partition coefficient (Wildman–Crippen LogP) is 4.64. The number of rotatable bonds is 3. The van der Waals surface area contributed by atoms with Gasteiger partial charge in [-0.05, 0) is 48.9 Å². The Kier molecular flexibility index (Phi) is 4.29. The SMILES string of the molecule is Cc1ccc(NC(=O)c2sc3nc(-c4ccncc4)ccc3c2N)c(F)c1. The highest BCUT2D eigenvalue weighted by Crippen LogP contribution is 2.34. The lowest BCUT2D eigenvalue weighted by Crippen LogP contribution is -2.13. The van der Waals surface area contributed by atoms with Crippen molar-refractivity contribution in [1.82, 2.24) is 9.97 Å². The van der Waals surface area contributed by atoms with Crippen LogP contribution in [0.1, 0.15) is 15.2 Å². The zero-order valence-electron chi connectivity index (χ0n) is 14.4. The average Bonchev–Trinajstić information content (AvgIpc) is 3.01. The van der Waals surface area contributed by atoms with Gasteiger partial charge in [-0.1, -0.05) is 6.07 Å². The first-order valence-electron chi connectivity index (χ1n) is 8.20. The first-order chi connectivity index (χ1) is 13.0. The molecular weight excluding hydrogens is 363 g/mol. The van der Waals surface area contributed by atoms with E-state index in [1.54, 1.807) is 25.4 Å². The van der Waals surface area contributed by atoms with Gasteiger partial charge < -0.3 is 11.1 Å². The van der Waals surface area contributed by atoms with E-state index < -0.39 is 11.7 Å². The molecule has 0 spiro atoms. The molecule has 1 aromatic carbocycles. The average molecular weight is 378 g/mol. The fourth-order valence-corrected chi connectivity index (χ4v) is 3.74. The Morgan fingerprint density at radius 1 is 1.15 bits per heavy atom. The molecule has 3 N–H and O–H groups in total. The minimum absolute atomic E-state index is 0.118. The summed E-state index contributed by atoms with van der Waals surface area (Å²) in [5, 5.41) is 3.28. The van der Waals surface area contributed by atoms with Crippen molar-refractivity contribution in [3.05, 3.63) is 71.1 Å². The van der Waals surface area contributed by atoms with Gasteiger partial charge in [0.05, 0.1) is 17.1 Å². The van der Waals surface area contributed by atoms with Crippen molar-refractivity contribution in [1.29, 1.82) is 0 Å². The van der Waals surface area contributed by atoms with Crippen molar-refractivity contribution < 1.29 is 9.18 Å². The molecule has 5 nitrogen and oxygen atoms in total. The lowest BCUT2D eigenvalue weighted by Gasteiger charge is -2.06. The molecule has 0 radical (unpaired) electrons. The van der Waals surface area contributed by atoms with Crippen molar-refractivity contribution in [2.24, 2.45) is 0 Å². The van der Waals surface area contributed by atoms with Gasteiger partial charge in [0.2, 0.25) is 0 Å². The summed E-state index contributed by atoms with van der Waals surface area (Å²) in [6.07, 6.45) is 3.39. The van der Waals surface area contributed by atoms with E-state index in [2.05, 4.69) is 15.3 Å². The highest BCUT2D eigenvalue weighted by atomic mass is 32.1. The van der Waals surface area contributed by atoms with Crippen LogP contribution < -0.4 is 11.1 Å². The smallest absolute Gasteiger partial charge is 0.268 e. The molecule has 27 heavy (non-hydrogen) atoms. The van der Waals surface area contributed by atoms with Crippen LogP contribution in [0, 0.1) is 12.7 Å². The molecule has 1 amide bonds. The van der Waals surface area contributed by atoms with Gasteiger partial charge in [0.15, 0.2) is 0 Å². The number of carbonyl (C=O) groups excluding carboxylic acids is 1. The number of thiophene rings is 1. The van der Waals surface area contributed by atoms with Gasteiger partial charge >= 0.3 is 0 Å². The number of carbonyl (C=O) groups is 1. The number of nitrogen functional groups attached to an aromatic ring is 1. The monoisotopic (exact) mass is 378 g/mol. The standard InChI is InChI=1S/C20H15FN4OS/c1-11-2-4-16(14(21)10-11)24-19(26)18-17(22)13-3-5-15(25-20(13)27-18)12-6-8-23-9-7-12/h2-10H,22H2,1H3,(H,24,26). The van der Waals surface area contributed by atoms with Crippen molar-refractivity contribution >= 4 is 38.8 Å². The Hall–Kier alpha value is -3.32. The van der Waals surface area contributed by atoms with Crippen molar-refractivity contribution in [3.8, 4) is 11.3 Å². The van der Waals surface area contributed by atoms with Gasteiger partial charge in [0.1, 0.15) is 15.5 Å². The lowest BCUT2D eigenvalue weighted by molar-refractivity contribution is 0.103. The summed E-state index contributed by atoms with van der Waals surface area (Å²) in [7, 11) is 0. The topological polar surface area (TPSA) is 80.9 Å². The van der Waals surface area contributed by atoms with Crippen LogP contribution in [0.3, 0.4) is 0 Å². The van der Waals surface area contributed by atoms with E-state index in [1.165, 1.54) is 23.5 Å². The van der Waals surface area contributed by atoms with E-state index in [0.717, 1.165) is 16.8 Å². The number of nitrogens with one attached hydrogen (secondary N) is 1. The fourth-order valence-electron chi connectivity index (χ4n) is 2.75. The largest absolute Gasteiger partial charge is 0.397 e. The van der Waals surface area contributed by atoms with Crippen LogP contribution in [0.4, 0.5) is 15.8 Å². The Labute approximate surface area is 158 Å². The number of aryl methyl sites for hydroxylation is 1. The third-order valence-electron chi connectivity index (χ3n) is 4.15. The lowest BCUT2D eigenvalue weighted by atomic mass is 10.1. The summed E-state index contributed by atoms with van der Waals surface area (Å²) in [5.41, 5.74) is 9.08. The molecule has 0 aliphatic rings. The highest BCUT2D eigenvalue weighted by molar-refractivity contribution is 7.21. The minimum Gasteiger partial charge on any atom is -0.397 e. The fraction of sp³-hybridized carbons (Fsp3) is 0.0500. The Bertz CT molecular complexity index is 1160. The maximum absolute atomic E-state index is 14.0. The maximum atomic E-state index is 14.0. The summed E-state index contributed by atoms with van der Waals surface area (Å²) >= 11 is 1.18. The second-order valence-corrected chi connectivity index (χ2v) is 7.07. The van der Waals surface area contributed by atoms with Crippen LogP contribution >= 0.6 is 11.3 Å². The molecule has 3 aromatic heterocycles. The van der Waals surface area contributed by atoms with E-state index in [0.29, 0.717) is 20.8 Å². The van der Waals surface area contributed by atoms with Crippen LogP contribution in [-0.2, 0) is 0 Å². The van der Waals surface area contributed by atoms with Gasteiger partial charge in [0, 0.05) is 23.3 Å². The van der Waals surface area contributed by atoms with E-state index in [1.807, 2.05) is 24.3 Å². The molecule has 0 saturated carbocycles. The Morgan fingerprint density at radius 2 is 1.93 bits per heavy atom. The number of amides is 1. The van der Waals surface area contributed by atoms with Gasteiger partial charge in [-0.25, -0.2) is 9.37 Å². The number of pyridine rings is 2. The zero-order valence-corrected chi connectivity index (χ0v) is 15.2. The zero-order chi connectivity index (χ0) is 19.0. The molecule has 0 aliphatic heterocycles. The quantitative estimate of drug-likeness (QED) is 0.544. The number of hydrogen-bond donors (Lipinski definition) is 2. The number of halogens is 1. The van der Waals surface area contributed by atoms with Gasteiger partial charge in [0.25, 0.3) is 5.91 Å². The van der Waals surface area contributed by atoms with Crippen molar-refractivity contribution in [2.75, 3.05) is 11.1 Å². The van der Waals surface area contributed by atoms with Crippen LogP contribution in [0.25, 0.3) is 21.5 Å². The summed E-state index contributed by atoms with van der Waals surface area (Å²) in [6.45, 7) is 1.78. The first-order valence-corrected chi connectivity index (χ1v) is 9.01. The maximum Gasteiger partial charge on any atom is 0.268 e. The Balaban J connectivity index is 1.69. The van der Waals surface area contributed by atoms with Gasteiger partial charge in [-0.15, -0.1) is 11.3 Å². The summed E-state index contributed by atoms with van der Waals surface area (Å²) in [6, 6.07) is 12.0. The minimum atomic E-state index is -0.485. The Morgan fingerprint density at radius 3 is 2.67 bits per heavy atom. The molecule has 0 fully saturated rings. The molecular formula is C20H15FN4OS. The highest BCUT2D eigenvalue weighted by Gasteiger charge is 2.19. The molecule has 3 heterocycles. The van der Waals surface area contributed by atoms with E-state index >= 15 is 0 Å². The number of aromatic nitrogens is 2. The summed E-state index contributed by atoms with van der Waals surface area (Å²) in [4.78, 5) is 22.2.